The predicted octanol–water partition coefficient (Wildman–Crippen LogP) is 2.52. The molecule has 7 heteroatoms. The van der Waals surface area contributed by atoms with Gasteiger partial charge in [-0.1, -0.05) is 30.4 Å². The minimum Gasteiger partial charge on any atom is -0.538 e. The monoisotopic (exact) mass is 337 g/mol. The molecule has 0 saturated heterocycles. The lowest BCUT2D eigenvalue weighted by molar-refractivity contribution is -0.705. The molecule has 2 aromatic rings. The Kier molecular flexibility index (Phi) is 5.42. The number of rotatable bonds is 4. The molecular weight excluding hydrogens is 318 g/mol. The molecule has 1 aromatic heterocycles. The Morgan fingerprint density at radius 1 is 1.23 bits per heavy atom. The first-order valence-corrected chi connectivity index (χ1v) is 8.29. The van der Waals surface area contributed by atoms with E-state index in [2.05, 4.69) is 37.9 Å². The lowest BCUT2D eigenvalue weighted by atomic mass is 10.2. The molecule has 5 nitrogen and oxygen atoms in total. The number of hydrogen-bond donors (Lipinski definition) is 0. The van der Waals surface area contributed by atoms with Crippen molar-refractivity contribution < 1.29 is 14.3 Å². The van der Waals surface area contributed by atoms with Crippen LogP contribution in [0.5, 0.6) is 5.95 Å². The zero-order valence-electron chi connectivity index (χ0n) is 13.0. The van der Waals surface area contributed by atoms with Crippen LogP contribution in [-0.2, 0) is 0 Å². The average molecular weight is 337 g/mol. The first kappa shape index (κ1) is 16.8. The van der Waals surface area contributed by atoms with Gasteiger partial charge in [-0.25, -0.2) is 0 Å². The summed E-state index contributed by atoms with van der Waals surface area (Å²) in [5.74, 6) is -0.483. The van der Waals surface area contributed by atoms with Gasteiger partial charge in [-0.2, -0.15) is 0 Å². The average Bonchev–Trinajstić information content (AvgIpc) is 2.80. The highest BCUT2D eigenvalue weighted by Crippen LogP contribution is 2.27. The van der Waals surface area contributed by atoms with E-state index in [1.807, 2.05) is 30.3 Å². The molecule has 0 aliphatic carbocycles. The maximum absolute atomic E-state index is 12.0. The highest BCUT2D eigenvalue weighted by atomic mass is 32.2. The number of thiocarbonyl (C=S) groups is 1. The standard InChI is InChI=1S/C15H19N3O2S2/c1-10(2)17(11(3)4)15(21)22-13-14(19)20-16-18(13)12-8-6-5-7-9-12/h5-11H,1-4H3. The first-order valence-electron chi connectivity index (χ1n) is 7.06. The Balaban J connectivity index is 2.31. The van der Waals surface area contributed by atoms with Crippen LogP contribution in [0.25, 0.3) is 5.69 Å². The van der Waals surface area contributed by atoms with E-state index in [0.717, 1.165) is 5.69 Å². The number of thioether (sulfide) groups is 1. The quantitative estimate of drug-likeness (QED) is 0.485. The lowest BCUT2D eigenvalue weighted by Crippen LogP contribution is -2.41. The fourth-order valence-electron chi connectivity index (χ4n) is 2.21. The van der Waals surface area contributed by atoms with Gasteiger partial charge < -0.3 is 14.5 Å². The van der Waals surface area contributed by atoms with Crippen molar-refractivity contribution in [1.29, 1.82) is 0 Å². The van der Waals surface area contributed by atoms with Crippen LogP contribution < -0.4 is 9.79 Å². The van der Waals surface area contributed by atoms with Gasteiger partial charge in [0.25, 0.3) is 0 Å². The highest BCUT2D eigenvalue weighted by Gasteiger charge is 2.26. The van der Waals surface area contributed by atoms with Crippen LogP contribution in [0.1, 0.15) is 27.7 Å². The Morgan fingerprint density at radius 3 is 2.36 bits per heavy atom. The maximum atomic E-state index is 12.0. The van der Waals surface area contributed by atoms with Crippen LogP contribution in [-0.4, -0.2) is 26.6 Å². The van der Waals surface area contributed by atoms with E-state index in [1.54, 1.807) is 0 Å². The van der Waals surface area contributed by atoms with E-state index in [-0.39, 0.29) is 12.1 Å². The van der Waals surface area contributed by atoms with Gasteiger partial charge in [0.2, 0.25) is 5.69 Å². The van der Waals surface area contributed by atoms with E-state index in [4.69, 9.17) is 16.7 Å². The molecule has 0 N–H and O–H groups in total. The van der Waals surface area contributed by atoms with Crippen molar-refractivity contribution >= 4 is 28.3 Å². The van der Waals surface area contributed by atoms with Crippen molar-refractivity contribution in [3.63, 3.8) is 0 Å². The topological polar surface area (TPSA) is 56.2 Å². The number of para-hydroxylation sites is 1. The molecule has 0 aliphatic rings. The molecule has 22 heavy (non-hydrogen) atoms. The Morgan fingerprint density at radius 2 is 1.82 bits per heavy atom. The molecule has 0 amide bonds. The molecular formula is C15H19N3O2S2. The van der Waals surface area contributed by atoms with Crippen molar-refractivity contribution in [2.75, 3.05) is 0 Å². The minimum absolute atomic E-state index is 0.250. The molecule has 0 spiro atoms. The molecule has 0 fully saturated rings. The summed E-state index contributed by atoms with van der Waals surface area (Å²) < 4.78 is 6.93. The van der Waals surface area contributed by atoms with Gasteiger partial charge in [-0.3, -0.25) is 0 Å². The Hall–Kier alpha value is -1.60. The van der Waals surface area contributed by atoms with Gasteiger partial charge in [0.15, 0.2) is 5.95 Å². The fraction of sp³-hybridized carbons (Fsp3) is 0.400. The van der Waals surface area contributed by atoms with Crippen molar-refractivity contribution in [2.24, 2.45) is 0 Å². The SMILES string of the molecule is CC(C)N(C(=S)Sc1c([O-])on[n+]1-c1ccccc1)C(C)C. The number of aromatic nitrogens is 2. The first-order chi connectivity index (χ1) is 10.4. The molecule has 118 valence electrons. The van der Waals surface area contributed by atoms with Gasteiger partial charge in [0, 0.05) is 36.0 Å². The summed E-state index contributed by atoms with van der Waals surface area (Å²) in [7, 11) is 0. The summed E-state index contributed by atoms with van der Waals surface area (Å²) in [5.41, 5.74) is 0.763. The van der Waals surface area contributed by atoms with Crippen LogP contribution in [0.2, 0.25) is 0 Å². The van der Waals surface area contributed by atoms with E-state index in [9.17, 15) is 5.11 Å². The van der Waals surface area contributed by atoms with Crippen LogP contribution in [0.3, 0.4) is 0 Å². The van der Waals surface area contributed by atoms with Crippen molar-refractivity contribution in [2.45, 2.75) is 44.8 Å². The van der Waals surface area contributed by atoms with Gasteiger partial charge in [0.05, 0.1) is 5.27 Å². The van der Waals surface area contributed by atoms with E-state index in [1.165, 1.54) is 16.4 Å². The van der Waals surface area contributed by atoms with Gasteiger partial charge in [-0.15, -0.1) is 0 Å². The molecule has 1 aromatic carbocycles. The second-order valence-electron chi connectivity index (χ2n) is 5.38. The third-order valence-corrected chi connectivity index (χ3v) is 4.46. The molecule has 0 saturated carbocycles. The third-order valence-electron chi connectivity index (χ3n) is 3.08. The molecule has 1 heterocycles. The third kappa shape index (κ3) is 3.59. The molecule has 0 bridgehead atoms. The highest BCUT2D eigenvalue weighted by molar-refractivity contribution is 8.22. The maximum Gasteiger partial charge on any atom is 0.304 e. The van der Waals surface area contributed by atoms with Crippen molar-refractivity contribution in [3.8, 4) is 11.6 Å². The Labute approximate surface area is 139 Å². The zero-order valence-corrected chi connectivity index (χ0v) is 14.6. The molecule has 0 atom stereocenters. The normalized spacial score (nSPS) is 11.2. The van der Waals surface area contributed by atoms with Gasteiger partial charge in [-0.05, 0) is 32.4 Å². The zero-order chi connectivity index (χ0) is 16.3. The molecule has 0 radical (unpaired) electrons. The number of nitrogens with zero attached hydrogens (tertiary/aromatic N) is 3. The van der Waals surface area contributed by atoms with E-state index >= 15 is 0 Å². The second-order valence-corrected chi connectivity index (χ2v) is 7.00. The fourth-order valence-corrected chi connectivity index (χ4v) is 3.91. The minimum atomic E-state index is -0.483. The molecule has 0 aliphatic heterocycles. The molecule has 0 unspecified atom stereocenters. The summed E-state index contributed by atoms with van der Waals surface area (Å²) in [6, 6.07) is 9.88. The van der Waals surface area contributed by atoms with E-state index in [0.29, 0.717) is 9.35 Å². The van der Waals surface area contributed by atoms with Crippen LogP contribution in [0.4, 0.5) is 0 Å². The van der Waals surface area contributed by atoms with Gasteiger partial charge >= 0.3 is 5.03 Å². The van der Waals surface area contributed by atoms with Crippen LogP contribution in [0.15, 0.2) is 39.9 Å². The van der Waals surface area contributed by atoms with Crippen molar-refractivity contribution in [1.82, 2.24) is 10.2 Å². The Bertz CT molecular complexity index is 633. The predicted molar refractivity (Wildman–Crippen MR) is 88.0 cm³/mol. The lowest BCUT2D eigenvalue weighted by Gasteiger charge is -2.32. The second kappa shape index (κ2) is 7.11. The smallest absolute Gasteiger partial charge is 0.304 e. The summed E-state index contributed by atoms with van der Waals surface area (Å²) in [5, 5.41) is 16.1. The summed E-state index contributed by atoms with van der Waals surface area (Å²) in [4.78, 5) is 2.09. The van der Waals surface area contributed by atoms with Crippen LogP contribution in [0, 0.1) is 0 Å². The van der Waals surface area contributed by atoms with Crippen molar-refractivity contribution in [3.05, 3.63) is 30.3 Å². The van der Waals surface area contributed by atoms with Crippen LogP contribution >= 0.6 is 24.0 Å². The van der Waals surface area contributed by atoms with Gasteiger partial charge in [0.1, 0.15) is 4.32 Å². The summed E-state index contributed by atoms with van der Waals surface area (Å²) >= 11 is 6.73. The largest absolute Gasteiger partial charge is 0.538 e. The summed E-state index contributed by atoms with van der Waals surface area (Å²) in [6.07, 6.45) is 0. The molecule has 2 rings (SSSR count). The number of hydrogen-bond acceptors (Lipinski definition) is 5. The van der Waals surface area contributed by atoms with E-state index < -0.39 is 5.95 Å². The summed E-state index contributed by atoms with van der Waals surface area (Å²) in [6.45, 7) is 8.29. The number of benzene rings is 1.